The van der Waals surface area contributed by atoms with Gasteiger partial charge in [-0.1, -0.05) is 11.6 Å². The molecule has 0 aliphatic heterocycles. The summed E-state index contributed by atoms with van der Waals surface area (Å²) in [5.74, 6) is -1.27. The Kier molecular flexibility index (Phi) is 3.96. The van der Waals surface area contributed by atoms with Gasteiger partial charge in [-0.15, -0.1) is 0 Å². The molecule has 2 atom stereocenters. The number of rotatable bonds is 4. The van der Waals surface area contributed by atoms with Gasteiger partial charge in [0.2, 0.25) is 0 Å². The fourth-order valence-corrected chi connectivity index (χ4v) is 1.04. The Hall–Kier alpha value is -1.24. The van der Waals surface area contributed by atoms with Crippen LogP contribution in [0.15, 0.2) is 12.4 Å². The Bertz CT molecular complexity index is 343. The number of halogens is 1. The Labute approximate surface area is 90.2 Å². The molecule has 0 bridgehead atoms. The van der Waals surface area contributed by atoms with Crippen molar-refractivity contribution < 1.29 is 20.1 Å². The lowest BCUT2D eigenvalue weighted by Crippen LogP contribution is -2.23. The van der Waals surface area contributed by atoms with Crippen molar-refractivity contribution in [1.82, 2.24) is 9.97 Å². The Morgan fingerprint density at radius 1 is 1.40 bits per heavy atom. The van der Waals surface area contributed by atoms with Crippen LogP contribution in [0.25, 0.3) is 0 Å². The summed E-state index contributed by atoms with van der Waals surface area (Å²) < 4.78 is 0. The molecule has 1 aromatic heterocycles. The molecular weight excluding hydrogens is 224 g/mol. The minimum atomic E-state index is -1.44. The highest BCUT2D eigenvalue weighted by atomic mass is 35.5. The number of carbonyl (C=O) groups is 1. The maximum atomic E-state index is 10.3. The molecule has 0 radical (unpaired) electrons. The molecule has 0 spiro atoms. The third kappa shape index (κ3) is 3.43. The van der Waals surface area contributed by atoms with Crippen molar-refractivity contribution in [3.63, 3.8) is 0 Å². The van der Waals surface area contributed by atoms with Gasteiger partial charge in [0, 0.05) is 12.4 Å². The predicted octanol–water partition coefficient (Wildman–Crippen LogP) is -0.00100. The zero-order valence-electron chi connectivity index (χ0n) is 7.54. The number of nitrogens with zero attached hydrogens (tertiary/aromatic N) is 2. The number of aromatic nitrogens is 2. The second-order valence-electron chi connectivity index (χ2n) is 2.87. The molecule has 2 unspecified atom stereocenters. The van der Waals surface area contributed by atoms with E-state index in [1.165, 1.54) is 12.4 Å². The predicted molar refractivity (Wildman–Crippen MR) is 50.3 cm³/mol. The van der Waals surface area contributed by atoms with Gasteiger partial charge in [0.1, 0.15) is 6.10 Å². The fraction of sp³-hybridized carbons (Fsp3) is 0.375. The highest BCUT2D eigenvalue weighted by molar-refractivity contribution is 6.30. The number of hydrogen-bond acceptors (Lipinski definition) is 5. The van der Waals surface area contributed by atoms with Crippen molar-refractivity contribution in [1.29, 1.82) is 0 Å². The summed E-state index contributed by atoms with van der Waals surface area (Å²) in [7, 11) is 0. The summed E-state index contributed by atoms with van der Waals surface area (Å²) >= 11 is 5.52. The number of aliphatic hydroxyl groups excluding tert-OH is 2. The van der Waals surface area contributed by atoms with Gasteiger partial charge in [-0.05, 0) is 0 Å². The Morgan fingerprint density at radius 3 is 2.40 bits per heavy atom. The molecule has 0 aliphatic carbocycles. The van der Waals surface area contributed by atoms with Gasteiger partial charge in [-0.25, -0.2) is 9.97 Å². The summed E-state index contributed by atoms with van der Waals surface area (Å²) in [5, 5.41) is 27.4. The van der Waals surface area contributed by atoms with Gasteiger partial charge in [-0.2, -0.15) is 0 Å². The maximum Gasteiger partial charge on any atom is 0.306 e. The second-order valence-corrected chi connectivity index (χ2v) is 3.31. The molecule has 0 amide bonds. The first-order valence-corrected chi connectivity index (χ1v) is 4.44. The van der Waals surface area contributed by atoms with E-state index in [1.54, 1.807) is 0 Å². The highest BCUT2D eigenvalue weighted by Gasteiger charge is 2.23. The number of hydrogen-bond donors (Lipinski definition) is 3. The van der Waals surface area contributed by atoms with Gasteiger partial charge >= 0.3 is 5.97 Å². The molecule has 0 saturated heterocycles. The van der Waals surface area contributed by atoms with E-state index >= 15 is 0 Å². The van der Waals surface area contributed by atoms with E-state index in [1.807, 2.05) is 0 Å². The molecule has 0 aliphatic rings. The van der Waals surface area contributed by atoms with E-state index in [4.69, 9.17) is 16.7 Å². The molecule has 0 saturated carbocycles. The van der Waals surface area contributed by atoms with Crippen LogP contribution in [0, 0.1) is 0 Å². The number of carboxylic acid groups (broad SMARTS) is 1. The Balaban J connectivity index is 2.71. The number of aliphatic hydroxyl groups is 2. The van der Waals surface area contributed by atoms with Crippen LogP contribution in [0.2, 0.25) is 5.02 Å². The summed E-state index contributed by atoms with van der Waals surface area (Å²) in [4.78, 5) is 17.6. The summed E-state index contributed by atoms with van der Waals surface area (Å²) in [6.07, 6.45) is -0.948. The van der Waals surface area contributed by atoms with E-state index in [2.05, 4.69) is 9.97 Å². The van der Waals surface area contributed by atoms with Crippen molar-refractivity contribution in [3.8, 4) is 0 Å². The number of aliphatic carboxylic acids is 1. The molecule has 1 heterocycles. The Morgan fingerprint density at radius 2 is 1.93 bits per heavy atom. The molecule has 7 heteroatoms. The fourth-order valence-electron chi connectivity index (χ4n) is 0.938. The van der Waals surface area contributed by atoms with E-state index in [9.17, 15) is 15.0 Å². The maximum absolute atomic E-state index is 10.3. The van der Waals surface area contributed by atoms with Gasteiger partial charge in [0.25, 0.3) is 0 Å². The molecule has 1 rings (SSSR count). The SMILES string of the molecule is O=C(O)CC(O)C(O)c1ncc(Cl)cn1. The van der Waals surface area contributed by atoms with Gasteiger partial charge in [-0.3, -0.25) is 4.79 Å². The second kappa shape index (κ2) is 5.01. The number of carboxylic acids is 1. The molecule has 82 valence electrons. The van der Waals surface area contributed by atoms with Crippen molar-refractivity contribution in [2.45, 2.75) is 18.6 Å². The van der Waals surface area contributed by atoms with E-state index in [0.717, 1.165) is 0 Å². The topological polar surface area (TPSA) is 104 Å². The van der Waals surface area contributed by atoms with Crippen molar-refractivity contribution in [3.05, 3.63) is 23.2 Å². The molecular formula is C8H9ClN2O4. The van der Waals surface area contributed by atoms with Crippen LogP contribution in [0.4, 0.5) is 0 Å². The lowest BCUT2D eigenvalue weighted by atomic mass is 10.1. The lowest BCUT2D eigenvalue weighted by molar-refractivity contribution is -0.141. The molecule has 15 heavy (non-hydrogen) atoms. The third-order valence-corrected chi connectivity index (χ3v) is 1.85. The summed E-state index contributed by atoms with van der Waals surface area (Å²) in [6, 6.07) is 0. The zero-order chi connectivity index (χ0) is 11.4. The van der Waals surface area contributed by atoms with Crippen LogP contribution in [-0.4, -0.2) is 37.4 Å². The first-order valence-electron chi connectivity index (χ1n) is 4.06. The normalized spacial score (nSPS) is 14.6. The zero-order valence-corrected chi connectivity index (χ0v) is 8.29. The minimum absolute atomic E-state index is 0.0619. The van der Waals surface area contributed by atoms with Gasteiger partial charge < -0.3 is 15.3 Å². The van der Waals surface area contributed by atoms with Gasteiger partial charge in [0.15, 0.2) is 5.82 Å². The molecule has 1 aromatic rings. The summed E-state index contributed by atoms with van der Waals surface area (Å²) in [5.41, 5.74) is 0. The van der Waals surface area contributed by atoms with Crippen molar-refractivity contribution in [2.24, 2.45) is 0 Å². The van der Waals surface area contributed by atoms with E-state index < -0.39 is 24.6 Å². The largest absolute Gasteiger partial charge is 0.481 e. The van der Waals surface area contributed by atoms with Crippen LogP contribution in [0.5, 0.6) is 0 Å². The standard InChI is InChI=1S/C8H9ClN2O4/c9-4-2-10-8(11-3-4)7(15)5(12)1-6(13)14/h2-3,5,7,12,15H,1H2,(H,13,14). The molecule has 0 fully saturated rings. The quantitative estimate of drug-likeness (QED) is 0.675. The van der Waals surface area contributed by atoms with Crippen LogP contribution < -0.4 is 0 Å². The first-order chi connectivity index (χ1) is 7.00. The molecule has 0 aromatic carbocycles. The third-order valence-electron chi connectivity index (χ3n) is 1.65. The van der Waals surface area contributed by atoms with Crippen molar-refractivity contribution >= 4 is 17.6 Å². The minimum Gasteiger partial charge on any atom is -0.481 e. The van der Waals surface area contributed by atoms with Crippen LogP contribution in [0.3, 0.4) is 0 Å². The van der Waals surface area contributed by atoms with E-state index in [-0.39, 0.29) is 5.82 Å². The molecule has 6 nitrogen and oxygen atoms in total. The highest BCUT2D eigenvalue weighted by Crippen LogP contribution is 2.15. The molecule has 3 N–H and O–H groups in total. The summed E-state index contributed by atoms with van der Waals surface area (Å²) in [6.45, 7) is 0. The lowest BCUT2D eigenvalue weighted by Gasteiger charge is -2.14. The van der Waals surface area contributed by atoms with Crippen molar-refractivity contribution in [2.75, 3.05) is 0 Å². The monoisotopic (exact) mass is 232 g/mol. The van der Waals surface area contributed by atoms with Gasteiger partial charge in [0.05, 0.1) is 17.5 Å². The van der Waals surface area contributed by atoms with E-state index in [0.29, 0.717) is 5.02 Å². The smallest absolute Gasteiger partial charge is 0.306 e. The average Bonchev–Trinajstić information content (AvgIpc) is 2.17. The van der Waals surface area contributed by atoms with Crippen LogP contribution in [0.1, 0.15) is 18.3 Å². The van der Waals surface area contributed by atoms with Crippen LogP contribution in [-0.2, 0) is 4.79 Å². The first kappa shape index (κ1) is 11.8. The average molecular weight is 233 g/mol. The van der Waals surface area contributed by atoms with Crippen LogP contribution >= 0.6 is 11.6 Å².